The van der Waals surface area contributed by atoms with Crippen molar-refractivity contribution >= 4 is 30.0 Å². The van der Waals surface area contributed by atoms with Crippen molar-refractivity contribution in [1.29, 1.82) is 5.41 Å². The molecule has 0 bridgehead atoms. The highest BCUT2D eigenvalue weighted by atomic mass is 35.5. The number of thioether (sulfide) groups is 1. The maximum atomic E-state index is 7.11. The van der Waals surface area contributed by atoms with E-state index < -0.39 is 0 Å². The number of halogens is 1. The Balaban J connectivity index is 0.00000196. The maximum absolute atomic E-state index is 7.11. The van der Waals surface area contributed by atoms with E-state index in [4.69, 9.17) is 11.1 Å². The van der Waals surface area contributed by atoms with Gasteiger partial charge in [-0.25, -0.2) is 0 Å². The van der Waals surface area contributed by atoms with Crippen LogP contribution >= 0.6 is 24.2 Å². The van der Waals surface area contributed by atoms with E-state index in [-0.39, 0.29) is 18.2 Å². The number of hydrogen-bond donors (Lipinski definition) is 2. The third-order valence-electron chi connectivity index (χ3n) is 1.94. The SMILES string of the molecule is CC(C)c1ccc(SCC(=N)N)cc1.Cl. The van der Waals surface area contributed by atoms with E-state index in [1.807, 2.05) is 0 Å². The Morgan fingerprint density at radius 1 is 1.33 bits per heavy atom. The first-order valence-electron chi connectivity index (χ1n) is 4.65. The van der Waals surface area contributed by atoms with Crippen LogP contribution in [0.5, 0.6) is 0 Å². The molecule has 0 fully saturated rings. The first-order chi connectivity index (χ1) is 6.59. The van der Waals surface area contributed by atoms with Gasteiger partial charge in [-0.15, -0.1) is 24.2 Å². The molecule has 1 aromatic rings. The number of nitrogens with two attached hydrogens (primary N) is 1. The molecular formula is C11H17ClN2S. The Kier molecular flexibility index (Phi) is 6.45. The van der Waals surface area contributed by atoms with Crippen molar-refractivity contribution in [2.45, 2.75) is 24.7 Å². The van der Waals surface area contributed by atoms with Gasteiger partial charge in [0.2, 0.25) is 0 Å². The highest BCUT2D eigenvalue weighted by molar-refractivity contribution is 8.00. The number of amidine groups is 1. The molecule has 1 aromatic carbocycles. The van der Waals surface area contributed by atoms with Gasteiger partial charge >= 0.3 is 0 Å². The second-order valence-corrected chi connectivity index (χ2v) is 4.59. The van der Waals surface area contributed by atoms with Gasteiger partial charge < -0.3 is 5.73 Å². The Morgan fingerprint density at radius 2 is 1.87 bits per heavy atom. The Labute approximate surface area is 102 Å². The highest BCUT2D eigenvalue weighted by Gasteiger charge is 1.99. The lowest BCUT2D eigenvalue weighted by molar-refractivity contribution is 0.865. The molecule has 1 rings (SSSR count). The molecule has 0 amide bonds. The predicted molar refractivity (Wildman–Crippen MR) is 70.4 cm³/mol. The van der Waals surface area contributed by atoms with Crippen LogP contribution in [0.15, 0.2) is 29.2 Å². The smallest absolute Gasteiger partial charge is 0.101 e. The number of rotatable bonds is 4. The van der Waals surface area contributed by atoms with E-state index in [0.29, 0.717) is 11.7 Å². The third kappa shape index (κ3) is 5.09. The zero-order valence-electron chi connectivity index (χ0n) is 8.99. The Morgan fingerprint density at radius 3 is 2.27 bits per heavy atom. The van der Waals surface area contributed by atoms with E-state index in [0.717, 1.165) is 0 Å². The molecule has 0 aliphatic heterocycles. The maximum Gasteiger partial charge on any atom is 0.101 e. The van der Waals surface area contributed by atoms with Crippen LogP contribution in [-0.4, -0.2) is 11.6 Å². The standard InChI is InChI=1S/C11H16N2S.ClH/c1-8(2)9-3-5-10(6-4-9)14-7-11(12)13;/h3-6,8H,7H2,1-2H3,(H3,12,13);1H. The average Bonchev–Trinajstić information content (AvgIpc) is 2.15. The van der Waals surface area contributed by atoms with Gasteiger partial charge in [-0.3, -0.25) is 5.41 Å². The molecule has 0 unspecified atom stereocenters. The zero-order chi connectivity index (χ0) is 10.6. The minimum Gasteiger partial charge on any atom is -0.387 e. The lowest BCUT2D eigenvalue weighted by atomic mass is 10.0. The zero-order valence-corrected chi connectivity index (χ0v) is 10.6. The summed E-state index contributed by atoms with van der Waals surface area (Å²) in [4.78, 5) is 1.17. The summed E-state index contributed by atoms with van der Waals surface area (Å²) in [5.74, 6) is 1.37. The third-order valence-corrected chi connectivity index (χ3v) is 3.00. The molecule has 0 aromatic heterocycles. The van der Waals surface area contributed by atoms with Crippen molar-refractivity contribution < 1.29 is 0 Å². The van der Waals surface area contributed by atoms with Gasteiger partial charge in [0, 0.05) is 4.90 Å². The van der Waals surface area contributed by atoms with Crippen LogP contribution in [0.25, 0.3) is 0 Å². The van der Waals surface area contributed by atoms with Crippen LogP contribution in [0.4, 0.5) is 0 Å². The Hall–Kier alpha value is -0.670. The minimum atomic E-state index is 0. The Bertz CT molecular complexity index is 309. The van der Waals surface area contributed by atoms with Crippen molar-refractivity contribution in [2.24, 2.45) is 5.73 Å². The first-order valence-corrected chi connectivity index (χ1v) is 5.64. The van der Waals surface area contributed by atoms with Gasteiger partial charge in [0.1, 0.15) is 5.84 Å². The molecule has 15 heavy (non-hydrogen) atoms. The summed E-state index contributed by atoms with van der Waals surface area (Å²) >= 11 is 1.60. The van der Waals surface area contributed by atoms with Crippen molar-refractivity contribution in [3.05, 3.63) is 29.8 Å². The highest BCUT2D eigenvalue weighted by Crippen LogP contribution is 2.21. The van der Waals surface area contributed by atoms with Crippen LogP contribution in [0.1, 0.15) is 25.3 Å². The normalized spacial score (nSPS) is 9.80. The molecule has 3 N–H and O–H groups in total. The van der Waals surface area contributed by atoms with Crippen LogP contribution in [0.3, 0.4) is 0 Å². The van der Waals surface area contributed by atoms with Crippen molar-refractivity contribution in [1.82, 2.24) is 0 Å². The molecule has 0 radical (unpaired) electrons. The molecule has 0 saturated heterocycles. The van der Waals surface area contributed by atoms with Crippen LogP contribution in [0, 0.1) is 5.41 Å². The fraction of sp³-hybridized carbons (Fsp3) is 0.364. The fourth-order valence-corrected chi connectivity index (χ4v) is 1.76. The van der Waals surface area contributed by atoms with Gasteiger partial charge in [-0.05, 0) is 23.6 Å². The van der Waals surface area contributed by atoms with Gasteiger partial charge in [0.25, 0.3) is 0 Å². The number of nitrogens with one attached hydrogen (secondary N) is 1. The average molecular weight is 245 g/mol. The predicted octanol–water partition coefficient (Wildman–Crippen LogP) is 3.26. The molecule has 0 atom stereocenters. The van der Waals surface area contributed by atoms with Gasteiger partial charge in [0.15, 0.2) is 0 Å². The monoisotopic (exact) mass is 244 g/mol. The van der Waals surface area contributed by atoms with Crippen molar-refractivity contribution in [2.75, 3.05) is 5.75 Å². The molecule has 2 nitrogen and oxygen atoms in total. The molecule has 0 spiro atoms. The first kappa shape index (κ1) is 14.3. The quantitative estimate of drug-likeness (QED) is 0.485. The van der Waals surface area contributed by atoms with Crippen molar-refractivity contribution in [3.63, 3.8) is 0 Å². The lowest BCUT2D eigenvalue weighted by Gasteiger charge is -2.06. The largest absolute Gasteiger partial charge is 0.387 e. The molecule has 84 valence electrons. The van der Waals surface area contributed by atoms with Gasteiger partial charge in [0.05, 0.1) is 5.75 Å². The molecule has 0 aliphatic carbocycles. The summed E-state index contributed by atoms with van der Waals surface area (Å²) in [6.45, 7) is 4.36. The molecule has 0 heterocycles. The van der Waals surface area contributed by atoms with E-state index in [1.165, 1.54) is 10.5 Å². The molecule has 4 heteroatoms. The van der Waals surface area contributed by atoms with Gasteiger partial charge in [-0.2, -0.15) is 0 Å². The summed E-state index contributed by atoms with van der Waals surface area (Å²) in [6, 6.07) is 8.44. The number of benzene rings is 1. The summed E-state index contributed by atoms with van der Waals surface area (Å²) in [5.41, 5.74) is 6.63. The lowest BCUT2D eigenvalue weighted by Crippen LogP contribution is -2.11. The molecule has 0 aliphatic rings. The fourth-order valence-electron chi connectivity index (χ4n) is 1.11. The number of hydrogen-bond acceptors (Lipinski definition) is 2. The van der Waals surface area contributed by atoms with E-state index >= 15 is 0 Å². The van der Waals surface area contributed by atoms with Gasteiger partial charge in [-0.1, -0.05) is 26.0 Å². The van der Waals surface area contributed by atoms with Crippen molar-refractivity contribution in [3.8, 4) is 0 Å². The summed E-state index contributed by atoms with van der Waals surface area (Å²) < 4.78 is 0. The van der Waals surface area contributed by atoms with Crippen LogP contribution in [0.2, 0.25) is 0 Å². The van der Waals surface area contributed by atoms with E-state index in [1.54, 1.807) is 11.8 Å². The summed E-state index contributed by atoms with van der Waals surface area (Å²) in [7, 11) is 0. The summed E-state index contributed by atoms with van der Waals surface area (Å²) in [6.07, 6.45) is 0. The van der Waals surface area contributed by atoms with Crippen LogP contribution in [-0.2, 0) is 0 Å². The summed E-state index contributed by atoms with van der Waals surface area (Å²) in [5, 5.41) is 7.11. The molecule has 0 saturated carbocycles. The molecular weight excluding hydrogens is 228 g/mol. The second kappa shape index (κ2) is 6.75. The second-order valence-electron chi connectivity index (χ2n) is 3.54. The topological polar surface area (TPSA) is 49.9 Å². The van der Waals surface area contributed by atoms with Crippen LogP contribution < -0.4 is 5.73 Å². The van der Waals surface area contributed by atoms with E-state index in [9.17, 15) is 0 Å². The van der Waals surface area contributed by atoms with E-state index in [2.05, 4.69) is 38.1 Å². The minimum absolute atomic E-state index is 0.